The molecule has 0 saturated heterocycles. The maximum Gasteiger partial charge on any atom is 0.213 e. The zero-order valence-corrected chi connectivity index (χ0v) is 9.77. The molecule has 0 fully saturated rings. The third kappa shape index (κ3) is 2.11. The normalized spacial score (nSPS) is 10.5. The Morgan fingerprint density at radius 3 is 2.88 bits per heavy atom. The summed E-state index contributed by atoms with van der Waals surface area (Å²) in [5.74, 6) is -0.824. The number of hydrogen-bond donors (Lipinski definition) is 0. The maximum absolute atomic E-state index is 13.6. The van der Waals surface area contributed by atoms with Crippen LogP contribution >= 0.6 is 0 Å². The van der Waals surface area contributed by atoms with Gasteiger partial charge < -0.3 is 0 Å². The molecule has 0 aliphatic carbocycles. The smallest absolute Gasteiger partial charge is 0.213 e. The summed E-state index contributed by atoms with van der Waals surface area (Å²) >= 11 is 0. The summed E-state index contributed by atoms with van der Waals surface area (Å²) in [5.41, 5.74) is 1.37. The lowest BCUT2D eigenvalue weighted by Crippen LogP contribution is -2.12. The monoisotopic (exact) mass is 232 g/mol. The molecule has 0 aliphatic rings. The number of hydrogen-bond acceptors (Lipinski definition) is 2. The Balaban J connectivity index is 2.47. The minimum absolute atomic E-state index is 0.0974. The third-order valence-electron chi connectivity index (χ3n) is 2.62. The Kier molecular flexibility index (Phi) is 3.04. The lowest BCUT2D eigenvalue weighted by Gasteiger charge is -2.05. The van der Waals surface area contributed by atoms with Crippen LogP contribution in [0.25, 0.3) is 0 Å². The molecule has 1 aromatic heterocycles. The van der Waals surface area contributed by atoms with E-state index in [0.717, 1.165) is 5.56 Å². The number of nitrogens with zero attached hydrogens (tertiary/aromatic N) is 2. The standard InChI is InChI=1S/C13H13FN2O/c1-3-16-12(6-7-15-16)13(17)10-8-9(2)4-5-11(10)14/h4-8H,3H2,1-2H3. The fraction of sp³-hybridized carbons (Fsp3) is 0.231. The highest BCUT2D eigenvalue weighted by molar-refractivity contribution is 6.08. The van der Waals surface area contributed by atoms with Gasteiger partial charge in [0.1, 0.15) is 11.5 Å². The summed E-state index contributed by atoms with van der Waals surface area (Å²) in [5, 5.41) is 4.01. The molecule has 0 atom stereocenters. The average Bonchev–Trinajstić information content (AvgIpc) is 2.79. The molecule has 4 heteroatoms. The molecule has 0 amide bonds. The second-order valence-electron chi connectivity index (χ2n) is 3.84. The summed E-state index contributed by atoms with van der Waals surface area (Å²) in [6.07, 6.45) is 1.55. The minimum Gasteiger partial charge on any atom is -0.287 e. The van der Waals surface area contributed by atoms with Crippen molar-refractivity contribution in [3.05, 3.63) is 53.1 Å². The van der Waals surface area contributed by atoms with Crippen molar-refractivity contribution in [2.24, 2.45) is 0 Å². The van der Waals surface area contributed by atoms with E-state index in [4.69, 9.17) is 0 Å². The van der Waals surface area contributed by atoms with E-state index in [2.05, 4.69) is 5.10 Å². The van der Waals surface area contributed by atoms with Crippen LogP contribution in [0, 0.1) is 12.7 Å². The lowest BCUT2D eigenvalue weighted by atomic mass is 10.0. The zero-order chi connectivity index (χ0) is 12.4. The van der Waals surface area contributed by atoms with Gasteiger partial charge in [-0.05, 0) is 32.0 Å². The van der Waals surface area contributed by atoms with Crippen LogP contribution in [0.3, 0.4) is 0 Å². The number of rotatable bonds is 3. The number of halogens is 1. The first-order chi connectivity index (χ1) is 8.13. The first-order valence-corrected chi connectivity index (χ1v) is 5.46. The number of aromatic nitrogens is 2. The molecule has 1 heterocycles. The van der Waals surface area contributed by atoms with Crippen molar-refractivity contribution < 1.29 is 9.18 Å². The van der Waals surface area contributed by atoms with Gasteiger partial charge in [-0.25, -0.2) is 4.39 Å². The fourth-order valence-electron chi connectivity index (χ4n) is 1.73. The van der Waals surface area contributed by atoms with E-state index < -0.39 is 5.82 Å². The highest BCUT2D eigenvalue weighted by Gasteiger charge is 2.17. The van der Waals surface area contributed by atoms with Gasteiger partial charge in [-0.2, -0.15) is 5.10 Å². The molecule has 17 heavy (non-hydrogen) atoms. The number of aryl methyl sites for hydroxylation is 2. The molecule has 0 saturated carbocycles. The highest BCUT2D eigenvalue weighted by atomic mass is 19.1. The molecule has 0 aliphatic heterocycles. The summed E-state index contributed by atoms with van der Waals surface area (Å²) in [4.78, 5) is 12.2. The van der Waals surface area contributed by atoms with E-state index in [-0.39, 0.29) is 11.3 Å². The molecule has 2 aromatic rings. The van der Waals surface area contributed by atoms with Crippen molar-refractivity contribution in [3.63, 3.8) is 0 Å². The van der Waals surface area contributed by atoms with E-state index in [0.29, 0.717) is 12.2 Å². The molecule has 1 aromatic carbocycles. The molecule has 88 valence electrons. The molecule has 0 N–H and O–H groups in total. The van der Waals surface area contributed by atoms with Crippen molar-refractivity contribution in [2.45, 2.75) is 20.4 Å². The van der Waals surface area contributed by atoms with E-state index in [1.165, 1.54) is 6.07 Å². The first kappa shape index (κ1) is 11.5. The van der Waals surface area contributed by atoms with Gasteiger partial charge in [0, 0.05) is 12.7 Å². The predicted molar refractivity (Wildman–Crippen MR) is 62.5 cm³/mol. The topological polar surface area (TPSA) is 34.9 Å². The van der Waals surface area contributed by atoms with E-state index in [9.17, 15) is 9.18 Å². The zero-order valence-electron chi connectivity index (χ0n) is 9.77. The van der Waals surface area contributed by atoms with Crippen LogP contribution in [0.4, 0.5) is 4.39 Å². The van der Waals surface area contributed by atoms with Gasteiger partial charge in [-0.15, -0.1) is 0 Å². The maximum atomic E-state index is 13.6. The largest absolute Gasteiger partial charge is 0.287 e. The van der Waals surface area contributed by atoms with Crippen molar-refractivity contribution in [1.82, 2.24) is 9.78 Å². The molecule has 0 spiro atoms. The van der Waals surface area contributed by atoms with Crippen LogP contribution in [-0.4, -0.2) is 15.6 Å². The molecule has 0 unspecified atom stereocenters. The van der Waals surface area contributed by atoms with Crippen LogP contribution in [0.2, 0.25) is 0 Å². The summed E-state index contributed by atoms with van der Waals surface area (Å²) in [6.45, 7) is 4.30. The van der Waals surface area contributed by atoms with Crippen LogP contribution < -0.4 is 0 Å². The predicted octanol–water partition coefficient (Wildman–Crippen LogP) is 2.58. The Morgan fingerprint density at radius 1 is 1.41 bits per heavy atom. The molecule has 0 radical (unpaired) electrons. The van der Waals surface area contributed by atoms with Gasteiger partial charge in [0.2, 0.25) is 5.78 Å². The number of carbonyl (C=O) groups is 1. The number of ketones is 1. The van der Waals surface area contributed by atoms with Crippen molar-refractivity contribution in [2.75, 3.05) is 0 Å². The van der Waals surface area contributed by atoms with E-state index in [1.54, 1.807) is 29.1 Å². The van der Waals surface area contributed by atoms with Gasteiger partial charge in [-0.1, -0.05) is 11.6 Å². The Labute approximate surface area is 98.9 Å². The number of carbonyl (C=O) groups excluding carboxylic acids is 1. The van der Waals surface area contributed by atoms with Gasteiger partial charge in [-0.3, -0.25) is 9.48 Å². The van der Waals surface area contributed by atoms with Crippen molar-refractivity contribution >= 4 is 5.78 Å². The van der Waals surface area contributed by atoms with Gasteiger partial charge >= 0.3 is 0 Å². The molecular formula is C13H13FN2O. The molecule has 0 bridgehead atoms. The fourth-order valence-corrected chi connectivity index (χ4v) is 1.73. The Bertz CT molecular complexity index is 560. The SMILES string of the molecule is CCn1nccc1C(=O)c1cc(C)ccc1F. The quantitative estimate of drug-likeness (QED) is 0.762. The summed E-state index contributed by atoms with van der Waals surface area (Å²) in [6, 6.07) is 6.12. The Morgan fingerprint density at radius 2 is 2.18 bits per heavy atom. The van der Waals surface area contributed by atoms with E-state index in [1.807, 2.05) is 13.8 Å². The van der Waals surface area contributed by atoms with Crippen LogP contribution in [-0.2, 0) is 6.54 Å². The van der Waals surface area contributed by atoms with Crippen molar-refractivity contribution in [3.8, 4) is 0 Å². The van der Waals surface area contributed by atoms with Gasteiger partial charge in [0.25, 0.3) is 0 Å². The van der Waals surface area contributed by atoms with Crippen LogP contribution in [0.5, 0.6) is 0 Å². The lowest BCUT2D eigenvalue weighted by molar-refractivity contribution is 0.102. The van der Waals surface area contributed by atoms with Gasteiger partial charge in [0.15, 0.2) is 0 Å². The van der Waals surface area contributed by atoms with Crippen LogP contribution in [0.15, 0.2) is 30.5 Å². The summed E-state index contributed by atoms with van der Waals surface area (Å²) < 4.78 is 15.2. The van der Waals surface area contributed by atoms with E-state index >= 15 is 0 Å². The minimum atomic E-state index is -0.496. The second-order valence-corrected chi connectivity index (χ2v) is 3.84. The Hall–Kier alpha value is -1.97. The first-order valence-electron chi connectivity index (χ1n) is 5.46. The van der Waals surface area contributed by atoms with Crippen molar-refractivity contribution in [1.29, 1.82) is 0 Å². The third-order valence-corrected chi connectivity index (χ3v) is 2.62. The number of benzene rings is 1. The summed E-state index contributed by atoms with van der Waals surface area (Å²) in [7, 11) is 0. The highest BCUT2D eigenvalue weighted by Crippen LogP contribution is 2.15. The van der Waals surface area contributed by atoms with Gasteiger partial charge in [0.05, 0.1) is 5.56 Å². The van der Waals surface area contributed by atoms with Crippen LogP contribution in [0.1, 0.15) is 28.5 Å². The molecule has 2 rings (SSSR count). The molecule has 3 nitrogen and oxygen atoms in total. The second kappa shape index (κ2) is 4.49. The average molecular weight is 232 g/mol. The molecular weight excluding hydrogens is 219 g/mol.